The Morgan fingerprint density at radius 2 is 2.00 bits per heavy atom. The van der Waals surface area contributed by atoms with Gasteiger partial charge in [-0.05, 0) is 49.6 Å². The lowest BCUT2D eigenvalue weighted by Gasteiger charge is -2.18. The molecule has 1 aliphatic heterocycles. The Morgan fingerprint density at radius 3 is 2.70 bits per heavy atom. The van der Waals surface area contributed by atoms with Gasteiger partial charge >= 0.3 is 6.18 Å². The van der Waals surface area contributed by atoms with E-state index in [1.54, 1.807) is 0 Å². The van der Waals surface area contributed by atoms with Gasteiger partial charge in [0.05, 0.1) is 6.61 Å². The normalized spacial score (nSPS) is 17.9. The van der Waals surface area contributed by atoms with Gasteiger partial charge in [0.25, 0.3) is 5.89 Å². The number of alkyl halides is 3. The van der Waals surface area contributed by atoms with Gasteiger partial charge in [0.2, 0.25) is 0 Å². The second-order valence-electron chi connectivity index (χ2n) is 8.18. The summed E-state index contributed by atoms with van der Waals surface area (Å²) in [5.41, 5.74) is 1.09. The minimum absolute atomic E-state index is 0.00951. The lowest BCUT2D eigenvalue weighted by molar-refractivity contribution is -0.141. The number of benzene rings is 1. The molecule has 0 spiro atoms. The van der Waals surface area contributed by atoms with Crippen LogP contribution in [0.5, 0.6) is 5.75 Å². The molecule has 10 heteroatoms. The molecule has 1 fully saturated rings. The number of aryl methyl sites for hydroxylation is 1. The Kier molecular flexibility index (Phi) is 6.40. The molecule has 0 aliphatic carbocycles. The van der Waals surface area contributed by atoms with Gasteiger partial charge in [-0.15, -0.1) is 0 Å². The molecule has 1 aliphatic rings. The quantitative estimate of drug-likeness (QED) is 0.496. The maximum Gasteiger partial charge on any atom is 0.433 e. The molecule has 176 valence electrons. The van der Waals surface area contributed by atoms with Gasteiger partial charge in [-0.25, -0.2) is 0 Å². The van der Waals surface area contributed by atoms with Gasteiger partial charge < -0.3 is 18.7 Å². The zero-order valence-corrected chi connectivity index (χ0v) is 18.5. The number of nitrogens with zero attached hydrogens (tertiary/aromatic N) is 3. The third kappa shape index (κ3) is 5.69. The van der Waals surface area contributed by atoms with Gasteiger partial charge in [-0.1, -0.05) is 24.2 Å². The fraction of sp³-hybridized carbons (Fsp3) is 0.435. The molecule has 1 atom stereocenters. The molecule has 1 saturated heterocycles. The molecule has 2 aromatic heterocycles. The predicted octanol–water partition coefficient (Wildman–Crippen LogP) is 4.83. The van der Waals surface area contributed by atoms with Crippen molar-refractivity contribution < 1.29 is 31.9 Å². The standard InChI is InChI=1S/C23H24F3N3O4/c1-4-15-9-14(5-6-18(15)30-12-17-13-31-22(2,3)32-17)10-20-28-21(33-29-20)16-7-8-27-19(11-16)23(24,25)26/h5-9,11,17H,4,10,12-13H2,1-3H3/t17-/m1/s1. The van der Waals surface area contributed by atoms with Crippen molar-refractivity contribution in [3.05, 3.63) is 59.2 Å². The van der Waals surface area contributed by atoms with Crippen molar-refractivity contribution in [1.82, 2.24) is 15.1 Å². The first-order chi connectivity index (χ1) is 15.6. The van der Waals surface area contributed by atoms with E-state index in [1.807, 2.05) is 39.0 Å². The number of rotatable bonds is 7. The van der Waals surface area contributed by atoms with Crippen LogP contribution in [0.2, 0.25) is 0 Å². The fourth-order valence-electron chi connectivity index (χ4n) is 3.53. The number of aromatic nitrogens is 3. The number of hydrogen-bond acceptors (Lipinski definition) is 7. The molecule has 0 bridgehead atoms. The molecule has 0 unspecified atom stereocenters. The smallest absolute Gasteiger partial charge is 0.433 e. The van der Waals surface area contributed by atoms with E-state index in [-0.39, 0.29) is 17.6 Å². The van der Waals surface area contributed by atoms with E-state index in [4.69, 9.17) is 18.7 Å². The van der Waals surface area contributed by atoms with E-state index >= 15 is 0 Å². The summed E-state index contributed by atoms with van der Waals surface area (Å²) in [6.45, 7) is 6.63. The highest BCUT2D eigenvalue weighted by Crippen LogP contribution is 2.30. The molecule has 4 rings (SSSR count). The summed E-state index contributed by atoms with van der Waals surface area (Å²) in [5.74, 6) is 0.541. The first-order valence-corrected chi connectivity index (χ1v) is 10.6. The van der Waals surface area contributed by atoms with Crippen LogP contribution in [-0.2, 0) is 28.5 Å². The zero-order valence-electron chi connectivity index (χ0n) is 18.5. The molecule has 3 aromatic rings. The van der Waals surface area contributed by atoms with Crippen LogP contribution in [0.3, 0.4) is 0 Å². The molecular formula is C23H24F3N3O4. The summed E-state index contributed by atoms with van der Waals surface area (Å²) in [4.78, 5) is 7.59. The van der Waals surface area contributed by atoms with Crippen LogP contribution in [0.25, 0.3) is 11.5 Å². The zero-order chi connectivity index (χ0) is 23.6. The monoisotopic (exact) mass is 463 g/mol. The number of pyridine rings is 1. The molecule has 0 saturated carbocycles. The van der Waals surface area contributed by atoms with E-state index in [0.29, 0.717) is 25.5 Å². The Hall–Kier alpha value is -2.98. The largest absolute Gasteiger partial charge is 0.491 e. The predicted molar refractivity (Wildman–Crippen MR) is 112 cm³/mol. The fourth-order valence-corrected chi connectivity index (χ4v) is 3.53. The summed E-state index contributed by atoms with van der Waals surface area (Å²) in [7, 11) is 0. The second-order valence-corrected chi connectivity index (χ2v) is 8.18. The van der Waals surface area contributed by atoms with Crippen molar-refractivity contribution in [3.63, 3.8) is 0 Å². The maximum atomic E-state index is 12.9. The first kappa shape index (κ1) is 23.2. The van der Waals surface area contributed by atoms with Crippen LogP contribution in [-0.4, -0.2) is 40.2 Å². The topological polar surface area (TPSA) is 79.5 Å². The minimum Gasteiger partial charge on any atom is -0.491 e. The van der Waals surface area contributed by atoms with E-state index in [2.05, 4.69) is 15.1 Å². The average Bonchev–Trinajstić information content (AvgIpc) is 3.38. The van der Waals surface area contributed by atoms with E-state index in [9.17, 15) is 13.2 Å². The lowest BCUT2D eigenvalue weighted by Crippen LogP contribution is -2.25. The third-order valence-electron chi connectivity index (χ3n) is 5.13. The Bertz CT molecular complexity index is 1110. The molecule has 33 heavy (non-hydrogen) atoms. The summed E-state index contributed by atoms with van der Waals surface area (Å²) >= 11 is 0. The van der Waals surface area contributed by atoms with E-state index in [1.165, 1.54) is 6.07 Å². The average molecular weight is 463 g/mol. The second kappa shape index (κ2) is 9.11. The van der Waals surface area contributed by atoms with Crippen molar-refractivity contribution in [2.24, 2.45) is 0 Å². The summed E-state index contributed by atoms with van der Waals surface area (Å²) in [6.07, 6.45) is -2.49. The summed E-state index contributed by atoms with van der Waals surface area (Å²) in [5, 5.41) is 3.91. The van der Waals surface area contributed by atoms with Gasteiger partial charge in [0, 0.05) is 18.2 Å². The lowest BCUT2D eigenvalue weighted by atomic mass is 10.0. The van der Waals surface area contributed by atoms with Crippen molar-refractivity contribution >= 4 is 0 Å². The molecule has 1 aromatic carbocycles. The highest BCUT2D eigenvalue weighted by Gasteiger charge is 2.34. The number of ether oxygens (including phenoxy) is 3. The van der Waals surface area contributed by atoms with Crippen LogP contribution in [0.15, 0.2) is 41.1 Å². The van der Waals surface area contributed by atoms with E-state index in [0.717, 1.165) is 35.6 Å². The molecule has 7 nitrogen and oxygen atoms in total. The highest BCUT2D eigenvalue weighted by atomic mass is 19.4. The maximum absolute atomic E-state index is 12.9. The summed E-state index contributed by atoms with van der Waals surface area (Å²) < 4.78 is 61.2. The van der Waals surface area contributed by atoms with Crippen LogP contribution in [0, 0.1) is 0 Å². The van der Waals surface area contributed by atoms with Crippen molar-refractivity contribution in [2.75, 3.05) is 13.2 Å². The van der Waals surface area contributed by atoms with Crippen molar-refractivity contribution in [1.29, 1.82) is 0 Å². The van der Waals surface area contributed by atoms with E-state index < -0.39 is 17.7 Å². The van der Waals surface area contributed by atoms with Crippen LogP contribution >= 0.6 is 0 Å². The Morgan fingerprint density at radius 1 is 1.18 bits per heavy atom. The molecule has 0 N–H and O–H groups in total. The number of hydrogen-bond donors (Lipinski definition) is 0. The van der Waals surface area contributed by atoms with Gasteiger partial charge in [-0.2, -0.15) is 18.2 Å². The van der Waals surface area contributed by atoms with Crippen LogP contribution in [0.1, 0.15) is 43.4 Å². The molecular weight excluding hydrogens is 439 g/mol. The van der Waals surface area contributed by atoms with Crippen molar-refractivity contribution in [2.45, 2.75) is 51.7 Å². The highest BCUT2D eigenvalue weighted by molar-refractivity contribution is 5.53. The van der Waals surface area contributed by atoms with Crippen LogP contribution in [0.4, 0.5) is 13.2 Å². The summed E-state index contributed by atoms with van der Waals surface area (Å²) in [6, 6.07) is 8.06. The molecule has 3 heterocycles. The van der Waals surface area contributed by atoms with Crippen molar-refractivity contribution in [3.8, 4) is 17.2 Å². The van der Waals surface area contributed by atoms with Crippen LogP contribution < -0.4 is 4.74 Å². The van der Waals surface area contributed by atoms with Gasteiger partial charge in [0.15, 0.2) is 11.6 Å². The third-order valence-corrected chi connectivity index (χ3v) is 5.13. The Labute approximate surface area is 188 Å². The molecule has 0 amide bonds. The Balaban J connectivity index is 1.43. The molecule has 0 radical (unpaired) electrons. The van der Waals surface area contributed by atoms with Gasteiger partial charge in [-0.3, -0.25) is 4.98 Å². The number of halogens is 3. The minimum atomic E-state index is -4.55. The first-order valence-electron chi connectivity index (χ1n) is 10.6. The SMILES string of the molecule is CCc1cc(Cc2noc(-c3ccnc(C(F)(F)F)c3)n2)ccc1OC[C@@H]1COC(C)(C)O1. The van der Waals surface area contributed by atoms with Gasteiger partial charge in [0.1, 0.15) is 24.2 Å².